The lowest BCUT2D eigenvalue weighted by molar-refractivity contribution is -0.117. The lowest BCUT2D eigenvalue weighted by Gasteiger charge is -2.30. The first-order valence-corrected chi connectivity index (χ1v) is 9.56. The van der Waals surface area contributed by atoms with Crippen molar-refractivity contribution in [3.05, 3.63) is 59.0 Å². The summed E-state index contributed by atoms with van der Waals surface area (Å²) in [6, 6.07) is 11.4. The van der Waals surface area contributed by atoms with E-state index in [0.29, 0.717) is 17.5 Å². The van der Waals surface area contributed by atoms with E-state index < -0.39 is 0 Å². The van der Waals surface area contributed by atoms with Gasteiger partial charge in [0.2, 0.25) is 5.91 Å². The molecule has 3 heterocycles. The molecule has 0 spiro atoms. The van der Waals surface area contributed by atoms with Gasteiger partial charge in [-0.3, -0.25) is 14.1 Å². The summed E-state index contributed by atoms with van der Waals surface area (Å²) >= 11 is 5.97. The van der Waals surface area contributed by atoms with Crippen LogP contribution in [0.3, 0.4) is 0 Å². The fourth-order valence-corrected chi connectivity index (χ4v) is 3.87. The maximum Gasteiger partial charge on any atom is 0.238 e. The Morgan fingerprint density at radius 3 is 2.81 bits per heavy atom. The van der Waals surface area contributed by atoms with E-state index in [4.69, 9.17) is 11.6 Å². The van der Waals surface area contributed by atoms with Gasteiger partial charge in [0.05, 0.1) is 6.54 Å². The van der Waals surface area contributed by atoms with Crippen molar-refractivity contribution in [3.8, 4) is 0 Å². The minimum absolute atomic E-state index is 0.00630. The molecule has 1 aliphatic heterocycles. The zero-order chi connectivity index (χ0) is 18.8. The molecule has 140 valence electrons. The van der Waals surface area contributed by atoms with Crippen LogP contribution in [0.2, 0.25) is 5.02 Å². The third-order valence-electron chi connectivity index (χ3n) is 5.12. The van der Waals surface area contributed by atoms with Crippen molar-refractivity contribution in [1.29, 1.82) is 0 Å². The Hall–Kier alpha value is -2.44. The maximum absolute atomic E-state index is 12.4. The van der Waals surface area contributed by atoms with Gasteiger partial charge in [0.15, 0.2) is 5.65 Å². The Labute approximate surface area is 163 Å². The lowest BCUT2D eigenvalue weighted by Crippen LogP contribution is -2.39. The average molecular weight is 384 g/mol. The monoisotopic (exact) mass is 383 g/mol. The van der Waals surface area contributed by atoms with E-state index in [1.807, 2.05) is 43.5 Å². The number of fused-ring (bicyclic) bond motifs is 1. The van der Waals surface area contributed by atoms with Gasteiger partial charge in [0.1, 0.15) is 5.82 Å². The molecule has 27 heavy (non-hydrogen) atoms. The summed E-state index contributed by atoms with van der Waals surface area (Å²) < 4.78 is 2.07. The maximum atomic E-state index is 12.4. The number of aryl methyl sites for hydroxylation is 1. The molecule has 0 aliphatic carbocycles. The number of amides is 1. The summed E-state index contributed by atoms with van der Waals surface area (Å²) in [7, 11) is 0. The number of hydrogen-bond donors (Lipinski definition) is 1. The Morgan fingerprint density at radius 2 is 2.04 bits per heavy atom. The van der Waals surface area contributed by atoms with Crippen molar-refractivity contribution in [2.75, 3.05) is 25.0 Å². The summed E-state index contributed by atoms with van der Waals surface area (Å²) in [4.78, 5) is 14.6. The minimum atomic E-state index is 0.00630. The standard InChI is InChI=1S/C20H22ClN5O/c1-14-12-16(21)5-6-17(14)22-19(27)13-25-10-7-15(8-11-25)20-24-23-18-4-2-3-9-26(18)20/h2-6,9,12,15H,7-8,10-11,13H2,1H3,(H,22,27). The molecule has 0 atom stereocenters. The summed E-state index contributed by atoms with van der Waals surface area (Å²) in [6.45, 7) is 4.09. The SMILES string of the molecule is Cc1cc(Cl)ccc1NC(=O)CN1CCC(c2nnc3ccccn23)CC1. The quantitative estimate of drug-likeness (QED) is 0.748. The molecule has 2 aromatic heterocycles. The molecule has 1 saturated heterocycles. The first kappa shape index (κ1) is 17.9. The van der Waals surface area contributed by atoms with Gasteiger partial charge in [0.25, 0.3) is 0 Å². The van der Waals surface area contributed by atoms with Crippen LogP contribution in [-0.4, -0.2) is 45.0 Å². The minimum Gasteiger partial charge on any atom is -0.325 e. The van der Waals surface area contributed by atoms with Gasteiger partial charge in [-0.15, -0.1) is 10.2 Å². The summed E-state index contributed by atoms with van der Waals surface area (Å²) in [6.07, 6.45) is 3.96. The second-order valence-corrected chi connectivity index (χ2v) is 7.48. The molecule has 6 nitrogen and oxygen atoms in total. The number of pyridine rings is 1. The number of halogens is 1. The van der Waals surface area contributed by atoms with Crippen molar-refractivity contribution in [2.45, 2.75) is 25.7 Å². The molecule has 1 aliphatic rings. The predicted molar refractivity (Wildman–Crippen MR) is 106 cm³/mol. The van der Waals surface area contributed by atoms with Crippen LogP contribution in [0.5, 0.6) is 0 Å². The van der Waals surface area contributed by atoms with Gasteiger partial charge in [-0.05, 0) is 68.8 Å². The lowest BCUT2D eigenvalue weighted by atomic mass is 9.96. The molecule has 1 fully saturated rings. The largest absolute Gasteiger partial charge is 0.325 e. The van der Waals surface area contributed by atoms with Crippen molar-refractivity contribution >= 4 is 28.8 Å². The van der Waals surface area contributed by atoms with Crippen LogP contribution in [0.1, 0.15) is 30.1 Å². The van der Waals surface area contributed by atoms with Crippen molar-refractivity contribution in [3.63, 3.8) is 0 Å². The number of hydrogen-bond acceptors (Lipinski definition) is 4. The van der Waals surface area contributed by atoms with Crippen LogP contribution in [0.15, 0.2) is 42.6 Å². The van der Waals surface area contributed by atoms with Crippen LogP contribution in [0, 0.1) is 6.92 Å². The molecular weight excluding hydrogens is 362 g/mol. The molecule has 0 bridgehead atoms. The average Bonchev–Trinajstić information content (AvgIpc) is 3.09. The molecule has 1 aromatic carbocycles. The Morgan fingerprint density at radius 1 is 1.22 bits per heavy atom. The van der Waals surface area contributed by atoms with E-state index in [2.05, 4.69) is 24.8 Å². The number of anilines is 1. The number of likely N-dealkylation sites (tertiary alicyclic amines) is 1. The van der Waals surface area contributed by atoms with Crippen LogP contribution in [-0.2, 0) is 4.79 Å². The number of nitrogens with one attached hydrogen (secondary N) is 1. The van der Waals surface area contributed by atoms with E-state index in [9.17, 15) is 4.79 Å². The molecule has 0 saturated carbocycles. The van der Waals surface area contributed by atoms with Gasteiger partial charge in [0, 0.05) is 22.8 Å². The number of benzene rings is 1. The van der Waals surface area contributed by atoms with E-state index in [0.717, 1.165) is 48.7 Å². The number of carbonyl (C=O) groups excluding carboxylic acids is 1. The highest BCUT2D eigenvalue weighted by atomic mass is 35.5. The van der Waals surface area contributed by atoms with Gasteiger partial charge in [-0.1, -0.05) is 17.7 Å². The van der Waals surface area contributed by atoms with Crippen molar-refractivity contribution in [1.82, 2.24) is 19.5 Å². The normalized spacial score (nSPS) is 15.9. The predicted octanol–water partition coefficient (Wildman–Crippen LogP) is 3.51. The van der Waals surface area contributed by atoms with Crippen LogP contribution < -0.4 is 5.32 Å². The number of piperidine rings is 1. The summed E-state index contributed by atoms with van der Waals surface area (Å²) in [5, 5.41) is 12.3. The molecule has 3 aromatic rings. The van der Waals surface area contributed by atoms with E-state index in [1.165, 1.54) is 0 Å². The van der Waals surface area contributed by atoms with Gasteiger partial charge >= 0.3 is 0 Å². The number of aromatic nitrogens is 3. The van der Waals surface area contributed by atoms with Crippen LogP contribution >= 0.6 is 11.6 Å². The van der Waals surface area contributed by atoms with E-state index >= 15 is 0 Å². The Kier molecular flexibility index (Phi) is 5.09. The number of rotatable bonds is 4. The third-order valence-corrected chi connectivity index (χ3v) is 5.36. The van der Waals surface area contributed by atoms with Crippen LogP contribution in [0.25, 0.3) is 5.65 Å². The number of nitrogens with zero attached hydrogens (tertiary/aromatic N) is 4. The zero-order valence-corrected chi connectivity index (χ0v) is 16.0. The van der Waals surface area contributed by atoms with E-state index in [1.54, 1.807) is 6.07 Å². The van der Waals surface area contributed by atoms with Crippen molar-refractivity contribution in [2.24, 2.45) is 0 Å². The van der Waals surface area contributed by atoms with Crippen LogP contribution in [0.4, 0.5) is 5.69 Å². The van der Waals surface area contributed by atoms with Crippen molar-refractivity contribution < 1.29 is 4.79 Å². The summed E-state index contributed by atoms with van der Waals surface area (Å²) in [5.41, 5.74) is 2.66. The molecule has 1 N–H and O–H groups in total. The second-order valence-electron chi connectivity index (χ2n) is 7.04. The molecule has 0 unspecified atom stereocenters. The summed E-state index contributed by atoms with van der Waals surface area (Å²) in [5.74, 6) is 1.40. The molecule has 7 heteroatoms. The molecule has 1 amide bonds. The zero-order valence-electron chi connectivity index (χ0n) is 15.2. The van der Waals surface area contributed by atoms with E-state index in [-0.39, 0.29) is 5.91 Å². The highest BCUT2D eigenvalue weighted by Crippen LogP contribution is 2.27. The first-order chi connectivity index (χ1) is 13.1. The fraction of sp³-hybridized carbons (Fsp3) is 0.350. The molecule has 0 radical (unpaired) electrons. The Balaban J connectivity index is 1.33. The highest BCUT2D eigenvalue weighted by Gasteiger charge is 2.25. The Bertz CT molecular complexity index is 962. The van der Waals surface area contributed by atoms with Gasteiger partial charge in [-0.2, -0.15) is 0 Å². The van der Waals surface area contributed by atoms with Gasteiger partial charge < -0.3 is 5.32 Å². The molecular formula is C20H22ClN5O. The third kappa shape index (κ3) is 3.96. The smallest absolute Gasteiger partial charge is 0.238 e. The fourth-order valence-electron chi connectivity index (χ4n) is 3.65. The molecule has 4 rings (SSSR count). The second kappa shape index (κ2) is 7.66. The topological polar surface area (TPSA) is 62.5 Å². The highest BCUT2D eigenvalue weighted by molar-refractivity contribution is 6.30. The van der Waals surface area contributed by atoms with Gasteiger partial charge in [-0.25, -0.2) is 0 Å². The number of carbonyl (C=O) groups is 1. The first-order valence-electron chi connectivity index (χ1n) is 9.18.